The largest absolute Gasteiger partial charge is 0.305 e. The van der Waals surface area contributed by atoms with E-state index in [2.05, 4.69) is 62.0 Å². The average Bonchev–Trinajstić information content (AvgIpc) is 3.08. The summed E-state index contributed by atoms with van der Waals surface area (Å²) in [7, 11) is 0. The second-order valence-electron chi connectivity index (χ2n) is 5.81. The molecule has 136 valence electrons. The summed E-state index contributed by atoms with van der Waals surface area (Å²) in [6, 6.07) is 12.4. The van der Waals surface area contributed by atoms with E-state index in [4.69, 9.17) is 0 Å². The van der Waals surface area contributed by atoms with E-state index in [1.165, 1.54) is 18.4 Å². The number of hydrogen-bond acceptors (Lipinski definition) is 6. The van der Waals surface area contributed by atoms with Crippen molar-refractivity contribution in [2.45, 2.75) is 48.8 Å². The van der Waals surface area contributed by atoms with Gasteiger partial charge >= 0.3 is 0 Å². The molecular weight excluding hydrogens is 362 g/mol. The van der Waals surface area contributed by atoms with Crippen LogP contribution in [0.3, 0.4) is 0 Å². The number of unbranched alkanes of at least 4 members (excludes halogenated alkanes) is 1. The Morgan fingerprint density at radius 2 is 1.77 bits per heavy atom. The minimum absolute atomic E-state index is 0.722. The lowest BCUT2D eigenvalue weighted by Gasteiger charge is -2.10. The molecule has 0 radical (unpaired) electrons. The molecule has 7 heteroatoms. The van der Waals surface area contributed by atoms with E-state index in [1.54, 1.807) is 35.9 Å². The molecule has 0 aliphatic rings. The highest BCUT2D eigenvalue weighted by molar-refractivity contribution is 7.99. The summed E-state index contributed by atoms with van der Waals surface area (Å²) >= 11 is 3.39. The van der Waals surface area contributed by atoms with Gasteiger partial charge in [0.2, 0.25) is 0 Å². The molecule has 1 aromatic carbocycles. The zero-order valence-electron chi connectivity index (χ0n) is 14.9. The molecule has 2 heterocycles. The fraction of sp³-hybridized carbons (Fsp3) is 0.368. The maximum Gasteiger partial charge on any atom is 0.191 e. The average molecular weight is 386 g/mol. The van der Waals surface area contributed by atoms with Crippen LogP contribution >= 0.6 is 23.5 Å². The molecule has 0 bridgehead atoms. The van der Waals surface area contributed by atoms with E-state index in [0.717, 1.165) is 40.6 Å². The maximum absolute atomic E-state index is 4.44. The van der Waals surface area contributed by atoms with Gasteiger partial charge in [-0.3, -0.25) is 0 Å². The first-order valence-corrected chi connectivity index (χ1v) is 10.8. The minimum Gasteiger partial charge on any atom is -0.305 e. The predicted molar refractivity (Wildman–Crippen MR) is 107 cm³/mol. The van der Waals surface area contributed by atoms with Gasteiger partial charge in [-0.1, -0.05) is 67.2 Å². The normalized spacial score (nSPS) is 11.0. The summed E-state index contributed by atoms with van der Waals surface area (Å²) in [5.74, 6) is 2.78. The summed E-state index contributed by atoms with van der Waals surface area (Å²) in [4.78, 5) is 8.55. The fourth-order valence-electron chi connectivity index (χ4n) is 2.44. The van der Waals surface area contributed by atoms with Gasteiger partial charge in [0, 0.05) is 24.7 Å². The van der Waals surface area contributed by atoms with E-state index >= 15 is 0 Å². The third kappa shape index (κ3) is 5.57. The van der Waals surface area contributed by atoms with Gasteiger partial charge in [0.05, 0.1) is 5.75 Å². The molecule has 26 heavy (non-hydrogen) atoms. The molecule has 0 atom stereocenters. The van der Waals surface area contributed by atoms with Crippen LogP contribution in [0, 0.1) is 0 Å². The van der Waals surface area contributed by atoms with Crippen LogP contribution in [0.25, 0.3) is 0 Å². The molecule has 0 saturated heterocycles. The van der Waals surface area contributed by atoms with Crippen molar-refractivity contribution >= 4 is 23.5 Å². The number of thioether (sulfide) groups is 2. The Labute approximate surface area is 163 Å². The lowest BCUT2D eigenvalue weighted by Crippen LogP contribution is -2.07. The lowest BCUT2D eigenvalue weighted by molar-refractivity contribution is 0.615. The third-order valence-electron chi connectivity index (χ3n) is 3.86. The number of benzene rings is 1. The van der Waals surface area contributed by atoms with E-state index < -0.39 is 0 Å². The first-order chi connectivity index (χ1) is 12.9. The SMILES string of the molecule is CCCCSc1nnc(CSc2ncccn2)n1CCc1ccccc1. The van der Waals surface area contributed by atoms with Crippen LogP contribution < -0.4 is 0 Å². The Morgan fingerprint density at radius 1 is 0.962 bits per heavy atom. The molecule has 2 aromatic heterocycles. The molecule has 0 fully saturated rings. The van der Waals surface area contributed by atoms with Crippen molar-refractivity contribution in [3.8, 4) is 0 Å². The molecule has 5 nitrogen and oxygen atoms in total. The summed E-state index contributed by atoms with van der Waals surface area (Å²) in [5.41, 5.74) is 1.33. The van der Waals surface area contributed by atoms with E-state index in [-0.39, 0.29) is 0 Å². The van der Waals surface area contributed by atoms with Crippen molar-refractivity contribution < 1.29 is 0 Å². The summed E-state index contributed by atoms with van der Waals surface area (Å²) < 4.78 is 2.25. The zero-order valence-corrected chi connectivity index (χ0v) is 16.5. The Morgan fingerprint density at radius 3 is 2.54 bits per heavy atom. The van der Waals surface area contributed by atoms with Gasteiger partial charge in [0.25, 0.3) is 0 Å². The van der Waals surface area contributed by atoms with Crippen LogP contribution in [0.15, 0.2) is 59.1 Å². The van der Waals surface area contributed by atoms with Crippen molar-refractivity contribution in [3.05, 3.63) is 60.2 Å². The van der Waals surface area contributed by atoms with E-state index in [9.17, 15) is 0 Å². The monoisotopic (exact) mass is 385 g/mol. The van der Waals surface area contributed by atoms with Crippen molar-refractivity contribution in [2.75, 3.05) is 5.75 Å². The molecule has 0 unspecified atom stereocenters. The molecule has 0 amide bonds. The lowest BCUT2D eigenvalue weighted by atomic mass is 10.1. The summed E-state index contributed by atoms with van der Waals surface area (Å²) in [6.07, 6.45) is 6.89. The van der Waals surface area contributed by atoms with Crippen LogP contribution in [0.1, 0.15) is 31.2 Å². The van der Waals surface area contributed by atoms with Gasteiger partial charge in [0.15, 0.2) is 10.3 Å². The molecule has 0 aliphatic heterocycles. The first-order valence-electron chi connectivity index (χ1n) is 8.85. The second-order valence-corrected chi connectivity index (χ2v) is 7.81. The van der Waals surface area contributed by atoms with Gasteiger partial charge in [-0.15, -0.1) is 10.2 Å². The number of aromatic nitrogens is 5. The Hall–Kier alpha value is -1.86. The topological polar surface area (TPSA) is 56.5 Å². The van der Waals surface area contributed by atoms with Gasteiger partial charge in [-0.05, 0) is 24.5 Å². The van der Waals surface area contributed by atoms with Gasteiger partial charge in [-0.2, -0.15) is 0 Å². The van der Waals surface area contributed by atoms with Crippen LogP contribution in [-0.2, 0) is 18.7 Å². The molecule has 0 saturated carbocycles. The minimum atomic E-state index is 0.722. The Balaban J connectivity index is 1.70. The fourth-order valence-corrected chi connectivity index (χ4v) is 4.25. The van der Waals surface area contributed by atoms with Gasteiger partial charge in [-0.25, -0.2) is 9.97 Å². The van der Waals surface area contributed by atoms with Crippen LogP contribution in [-0.4, -0.2) is 30.5 Å². The quantitative estimate of drug-likeness (QED) is 0.291. The van der Waals surface area contributed by atoms with Crippen LogP contribution in [0.4, 0.5) is 0 Å². The van der Waals surface area contributed by atoms with Crippen molar-refractivity contribution in [3.63, 3.8) is 0 Å². The van der Waals surface area contributed by atoms with E-state index in [0.29, 0.717) is 0 Å². The predicted octanol–water partition coefficient (Wildman–Crippen LogP) is 4.50. The highest BCUT2D eigenvalue weighted by Gasteiger charge is 2.13. The molecule has 0 spiro atoms. The molecular formula is C19H23N5S2. The summed E-state index contributed by atoms with van der Waals surface area (Å²) in [5, 5.41) is 10.7. The Bertz CT molecular complexity index is 777. The van der Waals surface area contributed by atoms with Crippen LogP contribution in [0.2, 0.25) is 0 Å². The standard InChI is InChI=1S/C19H23N5S2/c1-2-3-14-25-19-23-22-17(15-26-18-20-11-7-12-21-18)24(19)13-10-16-8-5-4-6-9-16/h4-9,11-12H,2-3,10,13-15H2,1H3. The van der Waals surface area contributed by atoms with Crippen molar-refractivity contribution in [2.24, 2.45) is 0 Å². The molecule has 3 rings (SSSR count). The number of nitrogens with zero attached hydrogens (tertiary/aromatic N) is 5. The van der Waals surface area contributed by atoms with Crippen LogP contribution in [0.5, 0.6) is 0 Å². The third-order valence-corrected chi connectivity index (χ3v) is 5.79. The van der Waals surface area contributed by atoms with Gasteiger partial charge in [0.1, 0.15) is 5.82 Å². The van der Waals surface area contributed by atoms with Crippen molar-refractivity contribution in [1.82, 2.24) is 24.7 Å². The molecule has 0 N–H and O–H groups in total. The summed E-state index contributed by atoms with van der Waals surface area (Å²) in [6.45, 7) is 3.10. The van der Waals surface area contributed by atoms with E-state index in [1.807, 2.05) is 6.07 Å². The number of hydrogen-bond donors (Lipinski definition) is 0. The highest BCUT2D eigenvalue weighted by Crippen LogP contribution is 2.23. The number of rotatable bonds is 10. The first kappa shape index (κ1) is 18.9. The highest BCUT2D eigenvalue weighted by atomic mass is 32.2. The smallest absolute Gasteiger partial charge is 0.191 e. The zero-order chi connectivity index (χ0) is 18.0. The number of aryl methyl sites for hydroxylation is 1. The van der Waals surface area contributed by atoms with Gasteiger partial charge < -0.3 is 4.57 Å². The Kier molecular flexibility index (Phi) is 7.51. The second kappa shape index (κ2) is 10.3. The maximum atomic E-state index is 4.44. The van der Waals surface area contributed by atoms with Crippen molar-refractivity contribution in [1.29, 1.82) is 0 Å². The molecule has 0 aliphatic carbocycles. The molecule has 3 aromatic rings.